The first kappa shape index (κ1) is 22.5. The molecule has 0 radical (unpaired) electrons. The van der Waals surface area contributed by atoms with E-state index in [4.69, 9.17) is 0 Å². The van der Waals surface area contributed by atoms with Crippen LogP contribution in [0.2, 0.25) is 0 Å². The van der Waals surface area contributed by atoms with Gasteiger partial charge in [0.15, 0.2) is 0 Å². The molecule has 1 fully saturated rings. The minimum absolute atomic E-state index is 0.0212. The van der Waals surface area contributed by atoms with Crippen LogP contribution in [0.1, 0.15) is 37.3 Å². The van der Waals surface area contributed by atoms with Gasteiger partial charge >= 0.3 is 6.18 Å². The number of pyridine rings is 1. The molecule has 172 valence electrons. The lowest BCUT2D eigenvalue weighted by Crippen LogP contribution is -2.46. The Hall–Kier alpha value is -3.72. The van der Waals surface area contributed by atoms with Gasteiger partial charge in [0, 0.05) is 23.3 Å². The highest BCUT2D eigenvalue weighted by Gasteiger charge is 2.32. The number of aliphatic hydroxyl groups is 1. The zero-order valence-corrected chi connectivity index (χ0v) is 17.4. The summed E-state index contributed by atoms with van der Waals surface area (Å²) in [7, 11) is 0. The summed E-state index contributed by atoms with van der Waals surface area (Å²) in [6, 6.07) is 1.79. The molecule has 0 saturated heterocycles. The fourth-order valence-electron chi connectivity index (χ4n) is 3.77. The molecule has 12 heteroatoms. The Morgan fingerprint density at radius 2 is 2.12 bits per heavy atom. The van der Waals surface area contributed by atoms with Crippen molar-refractivity contribution < 1.29 is 23.1 Å². The van der Waals surface area contributed by atoms with E-state index in [1.165, 1.54) is 12.4 Å². The Kier molecular flexibility index (Phi) is 5.90. The summed E-state index contributed by atoms with van der Waals surface area (Å²) in [4.78, 5) is 27.4. The second-order valence-corrected chi connectivity index (χ2v) is 7.87. The lowest BCUT2D eigenvalue weighted by molar-refractivity contribution is -0.137. The van der Waals surface area contributed by atoms with E-state index >= 15 is 0 Å². The van der Waals surface area contributed by atoms with Crippen LogP contribution in [0.5, 0.6) is 0 Å². The van der Waals surface area contributed by atoms with Gasteiger partial charge in [-0.3, -0.25) is 4.79 Å². The van der Waals surface area contributed by atoms with Crippen molar-refractivity contribution in [3.05, 3.63) is 35.8 Å². The van der Waals surface area contributed by atoms with Crippen LogP contribution in [-0.2, 0) is 11.0 Å². The van der Waals surface area contributed by atoms with E-state index in [0.717, 1.165) is 18.7 Å². The number of hydrogen-bond acceptors (Lipinski definition) is 7. The second kappa shape index (κ2) is 8.67. The van der Waals surface area contributed by atoms with Crippen molar-refractivity contribution in [2.24, 2.45) is 0 Å². The summed E-state index contributed by atoms with van der Waals surface area (Å²) >= 11 is 0. The number of aromatic amines is 1. The lowest BCUT2D eigenvalue weighted by Gasteiger charge is -2.20. The number of nitriles is 1. The number of H-pyrrole nitrogens is 1. The third kappa shape index (κ3) is 4.58. The number of nitrogens with zero attached hydrogens (tertiary/aromatic N) is 4. The summed E-state index contributed by atoms with van der Waals surface area (Å²) in [5, 5.41) is 25.1. The molecule has 9 nitrogen and oxygen atoms in total. The quantitative estimate of drug-likeness (QED) is 0.460. The van der Waals surface area contributed by atoms with Gasteiger partial charge < -0.3 is 20.7 Å². The average molecular weight is 459 g/mol. The molecule has 1 aliphatic rings. The van der Waals surface area contributed by atoms with Crippen LogP contribution in [-0.4, -0.2) is 49.1 Å². The third-order valence-electron chi connectivity index (χ3n) is 5.57. The summed E-state index contributed by atoms with van der Waals surface area (Å²) in [6.45, 7) is 1.59. The maximum absolute atomic E-state index is 13.2. The number of aliphatic hydroxyl groups excluding tert-OH is 1. The van der Waals surface area contributed by atoms with E-state index in [9.17, 15) is 28.3 Å². The first-order valence-electron chi connectivity index (χ1n) is 10.2. The number of halogens is 3. The molecule has 1 saturated carbocycles. The average Bonchev–Trinajstić information content (AvgIpc) is 3.38. The topological polar surface area (TPSA) is 140 Å². The Balaban J connectivity index is 1.63. The molecule has 0 spiro atoms. The number of rotatable bonds is 5. The first-order valence-corrected chi connectivity index (χ1v) is 10.2. The normalized spacial score (nSPS) is 19.3. The Bertz CT molecular complexity index is 1230. The highest BCUT2D eigenvalue weighted by atomic mass is 19.4. The Morgan fingerprint density at radius 3 is 2.79 bits per heavy atom. The highest BCUT2D eigenvalue weighted by Crippen LogP contribution is 2.34. The minimum Gasteiger partial charge on any atom is -0.391 e. The van der Waals surface area contributed by atoms with Gasteiger partial charge in [0.05, 0.1) is 35.2 Å². The molecule has 0 aliphatic heterocycles. The lowest BCUT2D eigenvalue weighted by atomic mass is 10.1. The number of anilines is 1. The van der Waals surface area contributed by atoms with E-state index < -0.39 is 23.9 Å². The van der Waals surface area contributed by atoms with Gasteiger partial charge in [0.25, 0.3) is 0 Å². The van der Waals surface area contributed by atoms with Gasteiger partial charge in [-0.1, -0.05) is 0 Å². The largest absolute Gasteiger partial charge is 0.417 e. The minimum atomic E-state index is -4.58. The molecule has 1 amide bonds. The molecule has 2 unspecified atom stereocenters. The molecule has 4 rings (SSSR count). The second-order valence-electron chi connectivity index (χ2n) is 7.87. The number of nitrogens with one attached hydrogen (secondary N) is 3. The molecule has 0 bridgehead atoms. The van der Waals surface area contributed by atoms with E-state index in [-0.39, 0.29) is 45.8 Å². The molecule has 4 N–H and O–H groups in total. The van der Waals surface area contributed by atoms with Crippen LogP contribution >= 0.6 is 0 Å². The summed E-state index contributed by atoms with van der Waals surface area (Å²) in [6.07, 6.45) is 0.348. The smallest absolute Gasteiger partial charge is 0.391 e. The van der Waals surface area contributed by atoms with Crippen LogP contribution in [0.25, 0.3) is 22.3 Å². The van der Waals surface area contributed by atoms with Crippen molar-refractivity contribution in [2.45, 2.75) is 50.6 Å². The molecular weight excluding hydrogens is 439 g/mol. The van der Waals surface area contributed by atoms with Crippen molar-refractivity contribution in [2.75, 3.05) is 5.32 Å². The van der Waals surface area contributed by atoms with Crippen LogP contribution in [0, 0.1) is 11.3 Å². The van der Waals surface area contributed by atoms with Gasteiger partial charge in [-0.15, -0.1) is 0 Å². The molecule has 1 aliphatic carbocycles. The number of carbonyl (C=O) groups excluding carboxylic acids is 1. The number of fused-ring (bicyclic) bond motifs is 1. The number of carbonyl (C=O) groups is 1. The van der Waals surface area contributed by atoms with Gasteiger partial charge in [-0.2, -0.15) is 18.4 Å². The molecule has 3 aromatic rings. The first-order chi connectivity index (χ1) is 15.7. The Labute approximate surface area is 186 Å². The predicted molar refractivity (Wildman–Crippen MR) is 112 cm³/mol. The van der Waals surface area contributed by atoms with Gasteiger partial charge in [-0.05, 0) is 32.3 Å². The third-order valence-corrected chi connectivity index (χ3v) is 5.57. The molecule has 0 aromatic carbocycles. The van der Waals surface area contributed by atoms with Crippen molar-refractivity contribution in [1.82, 2.24) is 25.3 Å². The molecule has 3 atom stereocenters. The predicted octanol–water partition coefficient (Wildman–Crippen LogP) is 2.74. The van der Waals surface area contributed by atoms with Gasteiger partial charge in [-0.25, -0.2) is 15.0 Å². The summed E-state index contributed by atoms with van der Waals surface area (Å²) < 4.78 is 39.5. The summed E-state index contributed by atoms with van der Waals surface area (Å²) in [5.41, 5.74) is -0.331. The van der Waals surface area contributed by atoms with E-state index in [1.54, 1.807) is 6.92 Å². The van der Waals surface area contributed by atoms with Crippen molar-refractivity contribution >= 4 is 22.9 Å². The summed E-state index contributed by atoms with van der Waals surface area (Å²) in [5.74, 6) is -0.338. The van der Waals surface area contributed by atoms with E-state index in [0.29, 0.717) is 12.8 Å². The zero-order valence-electron chi connectivity index (χ0n) is 17.4. The Morgan fingerprint density at radius 1 is 1.33 bits per heavy atom. The monoisotopic (exact) mass is 459 g/mol. The SMILES string of the molecule is C[C@@H](Nc1ncc(C#N)c(-c2c[nH]c3ncc(C(F)(F)F)cc23)n1)C(=O)NC1CCCC1O. The standard InChI is InChI=1S/C21H20F3N7O2/c1-10(19(33)30-15-3-2-4-16(15)32)29-20-28-7-11(6-25)17(31-20)14-9-27-18-13(14)5-12(8-26-18)21(22,23)24/h5,7-10,15-16,32H,2-4H2,1H3,(H,26,27)(H,30,33)(H,28,29,31)/t10-,15?,16?/m1/s1. The highest BCUT2D eigenvalue weighted by molar-refractivity contribution is 5.94. The maximum atomic E-state index is 13.2. The van der Waals surface area contributed by atoms with Crippen molar-refractivity contribution in [3.8, 4) is 17.3 Å². The maximum Gasteiger partial charge on any atom is 0.417 e. The van der Waals surface area contributed by atoms with E-state index in [1.807, 2.05) is 6.07 Å². The molecular formula is C21H20F3N7O2. The fraction of sp³-hybridized carbons (Fsp3) is 0.381. The van der Waals surface area contributed by atoms with Crippen LogP contribution in [0.15, 0.2) is 24.7 Å². The zero-order chi connectivity index (χ0) is 23.8. The van der Waals surface area contributed by atoms with Crippen LogP contribution in [0.3, 0.4) is 0 Å². The number of aromatic nitrogens is 4. The van der Waals surface area contributed by atoms with Crippen LogP contribution < -0.4 is 10.6 Å². The fourth-order valence-corrected chi connectivity index (χ4v) is 3.77. The molecule has 33 heavy (non-hydrogen) atoms. The van der Waals surface area contributed by atoms with Crippen molar-refractivity contribution in [3.63, 3.8) is 0 Å². The van der Waals surface area contributed by atoms with Gasteiger partial charge in [0.1, 0.15) is 17.8 Å². The number of alkyl halides is 3. The molecule has 3 heterocycles. The number of amides is 1. The molecule has 3 aromatic heterocycles. The van der Waals surface area contributed by atoms with Gasteiger partial charge in [0.2, 0.25) is 11.9 Å². The van der Waals surface area contributed by atoms with Crippen LogP contribution in [0.4, 0.5) is 19.1 Å². The van der Waals surface area contributed by atoms with Crippen molar-refractivity contribution in [1.29, 1.82) is 5.26 Å². The number of hydrogen-bond donors (Lipinski definition) is 4. The van der Waals surface area contributed by atoms with E-state index in [2.05, 4.69) is 30.6 Å².